The Morgan fingerprint density at radius 2 is 2.16 bits per heavy atom. The molecule has 8 heteroatoms. The largest absolute Gasteiger partial charge is 0.497 e. The van der Waals surface area contributed by atoms with Crippen LogP contribution < -0.4 is 4.74 Å². The summed E-state index contributed by atoms with van der Waals surface area (Å²) in [6, 6.07) is 7.22. The lowest BCUT2D eigenvalue weighted by atomic mass is 10.1. The van der Waals surface area contributed by atoms with Crippen LogP contribution in [0.3, 0.4) is 0 Å². The molecule has 0 spiro atoms. The van der Waals surface area contributed by atoms with Crippen LogP contribution in [-0.2, 0) is 26.0 Å². The average molecular weight is 382 g/mol. The molecule has 1 atom stereocenters. The minimum Gasteiger partial charge on any atom is -0.497 e. The number of carbonyl (C=O) groups excluding carboxylic acids is 1. The summed E-state index contributed by atoms with van der Waals surface area (Å²) in [6.07, 6.45) is 1.54. The van der Waals surface area contributed by atoms with Gasteiger partial charge in [-0.05, 0) is 18.2 Å². The molecule has 0 saturated heterocycles. The number of halogens is 1. The topological polar surface area (TPSA) is 82.6 Å². The monoisotopic (exact) mass is 381 g/mol. The van der Waals surface area contributed by atoms with E-state index >= 15 is 0 Å². The molecular weight excluding hydrogens is 366 g/mol. The molecule has 0 aliphatic carbocycles. The summed E-state index contributed by atoms with van der Waals surface area (Å²) in [5, 5.41) is 2.24. The number of ether oxygens (including phenoxy) is 2. The van der Waals surface area contributed by atoms with E-state index in [1.807, 2.05) is 6.07 Å². The zero-order chi connectivity index (χ0) is 18.0. The smallest absolute Gasteiger partial charge is 0.306 e. The van der Waals surface area contributed by atoms with E-state index in [0.717, 1.165) is 10.8 Å². The Morgan fingerprint density at radius 3 is 2.84 bits per heavy atom. The molecule has 6 nitrogen and oxygen atoms in total. The number of methoxy groups -OCH3 is 1. The molecule has 132 valence electrons. The summed E-state index contributed by atoms with van der Waals surface area (Å²) in [6.45, 7) is -0.0180. The van der Waals surface area contributed by atoms with Crippen molar-refractivity contribution in [3.63, 3.8) is 0 Å². The van der Waals surface area contributed by atoms with Crippen molar-refractivity contribution >= 4 is 38.3 Å². The number of carbonyl (C=O) groups is 1. The van der Waals surface area contributed by atoms with Gasteiger partial charge in [0.05, 0.1) is 24.8 Å². The fraction of sp³-hybridized carbons (Fsp3) is 0.294. The second-order valence-corrected chi connectivity index (χ2v) is 8.07. The Morgan fingerprint density at radius 1 is 1.36 bits per heavy atom. The number of pyridine rings is 1. The molecule has 0 saturated carbocycles. The molecule has 0 amide bonds. The van der Waals surface area contributed by atoms with Crippen LogP contribution in [0.15, 0.2) is 35.7 Å². The van der Waals surface area contributed by atoms with Gasteiger partial charge in [-0.2, -0.15) is 0 Å². The Kier molecular flexibility index (Phi) is 4.96. The number of allylic oxidation sites excluding steroid dienone is 1. The highest BCUT2D eigenvalue weighted by Crippen LogP contribution is 2.25. The summed E-state index contributed by atoms with van der Waals surface area (Å²) in [4.78, 5) is 16.2. The van der Waals surface area contributed by atoms with Gasteiger partial charge >= 0.3 is 5.97 Å². The molecule has 2 aromatic rings. The molecule has 0 bridgehead atoms. The van der Waals surface area contributed by atoms with Crippen LogP contribution in [0.5, 0.6) is 5.75 Å². The van der Waals surface area contributed by atoms with Crippen molar-refractivity contribution in [2.45, 2.75) is 13.0 Å². The van der Waals surface area contributed by atoms with Crippen LogP contribution in [0, 0.1) is 5.92 Å². The Balaban J connectivity index is 1.65. The standard InChI is InChI=1S/C17H16ClNO5S/c1-23-14-3-2-12-7-13(17(18)19-15(12)8-14)9-24-16(20)6-11-4-5-25(21,22)10-11/h2-5,7-8,11H,6,9-10H2,1H3. The maximum absolute atomic E-state index is 11.9. The Bertz CT molecular complexity index is 955. The number of esters is 1. The van der Waals surface area contributed by atoms with Crippen molar-refractivity contribution in [1.82, 2.24) is 4.98 Å². The van der Waals surface area contributed by atoms with Gasteiger partial charge in [-0.25, -0.2) is 13.4 Å². The highest BCUT2D eigenvalue weighted by Gasteiger charge is 2.24. The number of aromatic nitrogens is 1. The van der Waals surface area contributed by atoms with E-state index in [1.54, 1.807) is 25.3 Å². The first-order valence-corrected chi connectivity index (χ1v) is 9.65. The third kappa shape index (κ3) is 4.29. The number of benzene rings is 1. The van der Waals surface area contributed by atoms with Crippen molar-refractivity contribution in [3.8, 4) is 5.75 Å². The third-order valence-corrected chi connectivity index (χ3v) is 5.66. The first kappa shape index (κ1) is 17.7. The maximum atomic E-state index is 11.9. The van der Waals surface area contributed by atoms with Gasteiger partial charge in [0.15, 0.2) is 9.84 Å². The molecular formula is C17H16ClNO5S. The van der Waals surface area contributed by atoms with Crippen LogP contribution in [0.25, 0.3) is 10.9 Å². The quantitative estimate of drug-likeness (QED) is 0.585. The third-order valence-electron chi connectivity index (χ3n) is 3.87. The Labute approximate surface area is 150 Å². The lowest BCUT2D eigenvalue weighted by molar-refractivity contribution is -0.145. The first-order chi connectivity index (χ1) is 11.9. The maximum Gasteiger partial charge on any atom is 0.306 e. The zero-order valence-corrected chi connectivity index (χ0v) is 15.0. The van der Waals surface area contributed by atoms with E-state index in [1.165, 1.54) is 6.08 Å². The van der Waals surface area contributed by atoms with Gasteiger partial charge < -0.3 is 9.47 Å². The molecule has 1 unspecified atom stereocenters. The lowest BCUT2D eigenvalue weighted by Crippen LogP contribution is -2.13. The average Bonchev–Trinajstić information content (AvgIpc) is 2.90. The number of hydrogen-bond acceptors (Lipinski definition) is 6. The fourth-order valence-electron chi connectivity index (χ4n) is 2.59. The van der Waals surface area contributed by atoms with E-state index in [2.05, 4.69) is 4.98 Å². The lowest BCUT2D eigenvalue weighted by Gasteiger charge is -2.10. The minimum absolute atomic E-state index is 0.0180. The number of nitrogens with zero attached hydrogens (tertiary/aromatic N) is 1. The van der Waals surface area contributed by atoms with Crippen LogP contribution in [0.1, 0.15) is 12.0 Å². The minimum atomic E-state index is -3.17. The predicted octanol–water partition coefficient (Wildman–Crippen LogP) is 2.89. The molecule has 0 fully saturated rings. The van der Waals surface area contributed by atoms with E-state index in [-0.39, 0.29) is 29.9 Å². The number of sulfone groups is 1. The SMILES string of the molecule is COc1ccc2cc(COC(=O)CC3C=CS(=O)(=O)C3)c(Cl)nc2c1. The van der Waals surface area contributed by atoms with E-state index in [9.17, 15) is 13.2 Å². The Hall–Kier alpha value is -2.12. The van der Waals surface area contributed by atoms with E-state index < -0.39 is 15.8 Å². The van der Waals surface area contributed by atoms with Gasteiger partial charge in [-0.15, -0.1) is 0 Å². The van der Waals surface area contributed by atoms with Crippen LogP contribution in [0.4, 0.5) is 0 Å². The number of hydrogen-bond donors (Lipinski definition) is 0. The molecule has 1 aliphatic rings. The zero-order valence-electron chi connectivity index (χ0n) is 13.4. The van der Waals surface area contributed by atoms with E-state index in [4.69, 9.17) is 21.1 Å². The van der Waals surface area contributed by atoms with Gasteiger partial charge in [-0.1, -0.05) is 17.7 Å². The van der Waals surface area contributed by atoms with Crippen LogP contribution >= 0.6 is 11.6 Å². The second kappa shape index (κ2) is 7.01. The second-order valence-electron chi connectivity index (χ2n) is 5.78. The summed E-state index contributed by atoms with van der Waals surface area (Å²) in [5.74, 6) is -0.190. The number of rotatable bonds is 5. The van der Waals surface area contributed by atoms with Crippen LogP contribution in [0.2, 0.25) is 5.15 Å². The molecule has 0 radical (unpaired) electrons. The first-order valence-electron chi connectivity index (χ1n) is 7.56. The van der Waals surface area contributed by atoms with Gasteiger partial charge in [0.1, 0.15) is 17.5 Å². The molecule has 1 aromatic carbocycles. The summed E-state index contributed by atoms with van der Waals surface area (Å²) >= 11 is 6.16. The normalized spacial score (nSPS) is 18.4. The van der Waals surface area contributed by atoms with E-state index in [0.29, 0.717) is 16.8 Å². The fourth-order valence-corrected chi connectivity index (χ4v) is 4.19. The van der Waals surface area contributed by atoms with Crippen LogP contribution in [-0.4, -0.2) is 32.2 Å². The van der Waals surface area contributed by atoms with Crippen molar-refractivity contribution in [2.75, 3.05) is 12.9 Å². The van der Waals surface area contributed by atoms with Gasteiger partial charge in [-0.3, -0.25) is 4.79 Å². The molecule has 1 aliphatic heterocycles. The van der Waals surface area contributed by atoms with Crippen molar-refractivity contribution in [2.24, 2.45) is 5.92 Å². The van der Waals surface area contributed by atoms with Gasteiger partial charge in [0.2, 0.25) is 0 Å². The van der Waals surface area contributed by atoms with Crippen molar-refractivity contribution < 1.29 is 22.7 Å². The van der Waals surface area contributed by atoms with Gasteiger partial charge in [0, 0.05) is 28.3 Å². The predicted molar refractivity (Wildman–Crippen MR) is 94.1 cm³/mol. The van der Waals surface area contributed by atoms with Crippen molar-refractivity contribution in [1.29, 1.82) is 0 Å². The van der Waals surface area contributed by atoms with Crippen molar-refractivity contribution in [3.05, 3.63) is 46.5 Å². The summed E-state index contributed by atoms with van der Waals surface area (Å²) in [5.41, 5.74) is 1.27. The highest BCUT2D eigenvalue weighted by molar-refractivity contribution is 7.94. The van der Waals surface area contributed by atoms with Gasteiger partial charge in [0.25, 0.3) is 0 Å². The summed E-state index contributed by atoms with van der Waals surface area (Å²) in [7, 11) is -1.60. The molecule has 1 aromatic heterocycles. The molecule has 2 heterocycles. The highest BCUT2D eigenvalue weighted by atomic mass is 35.5. The molecule has 0 N–H and O–H groups in total. The number of fused-ring (bicyclic) bond motifs is 1. The molecule has 3 rings (SSSR count). The molecule has 25 heavy (non-hydrogen) atoms. The summed E-state index contributed by atoms with van der Waals surface area (Å²) < 4.78 is 33.1.